The summed E-state index contributed by atoms with van der Waals surface area (Å²) in [5.41, 5.74) is 9.75. The van der Waals surface area contributed by atoms with E-state index in [1.165, 1.54) is 27.5 Å². The Hall–Kier alpha value is -6.23. The van der Waals surface area contributed by atoms with Crippen molar-refractivity contribution in [2.45, 2.75) is 38.5 Å². The summed E-state index contributed by atoms with van der Waals surface area (Å²) < 4.78 is 13.5. The Morgan fingerprint density at radius 3 is 2.00 bits per heavy atom. The Morgan fingerprint density at radius 1 is 0.544 bits per heavy atom. The predicted molar refractivity (Wildman–Crippen MR) is 227 cm³/mol. The number of pyridine rings is 2. The van der Waals surface area contributed by atoms with Crippen LogP contribution in [0, 0.1) is 12.1 Å². The molecule has 11 aromatic rings. The molecule has 0 saturated carbocycles. The van der Waals surface area contributed by atoms with Gasteiger partial charge in [-0.2, -0.15) is 6.07 Å². The molecule has 6 aromatic carbocycles. The van der Waals surface area contributed by atoms with Gasteiger partial charge in [-0.3, -0.25) is 4.98 Å². The fourth-order valence-electron chi connectivity index (χ4n) is 9.42. The maximum Gasteiger partial charge on any atom is 2.00 e. The summed E-state index contributed by atoms with van der Waals surface area (Å²) in [6, 6.07) is 52.0. The first kappa shape index (κ1) is 34.1. The first-order chi connectivity index (χ1) is 27.3. The van der Waals surface area contributed by atoms with Gasteiger partial charge in [0.25, 0.3) is 0 Å². The Kier molecular flexibility index (Phi) is 7.10. The van der Waals surface area contributed by atoms with Gasteiger partial charge < -0.3 is 18.3 Å². The van der Waals surface area contributed by atoms with Crippen LogP contribution in [0.3, 0.4) is 0 Å². The largest absolute Gasteiger partial charge is 2.00 e. The maximum atomic E-state index is 6.66. The SMILES string of the molecule is CC1(C)c2cccc3c4ccc(Oc5[c-]c6c(cc5)c5ccccc5n6-c5cc6c7ccccc7n(-c7ccccc7)c6cn5)[c-]c4c4ncc(n4c23)C1(C)C.[Pt+2]. The van der Waals surface area contributed by atoms with Gasteiger partial charge in [0.15, 0.2) is 0 Å². The first-order valence-electron chi connectivity index (χ1n) is 19.2. The number of fused-ring (bicyclic) bond motifs is 9. The number of rotatable bonds is 4. The van der Waals surface area contributed by atoms with E-state index in [4.69, 9.17) is 14.7 Å². The smallest absolute Gasteiger partial charge is 0.503 e. The Labute approximate surface area is 343 Å². The van der Waals surface area contributed by atoms with Crippen LogP contribution in [0.5, 0.6) is 11.5 Å². The molecule has 0 N–H and O–H groups in total. The Morgan fingerprint density at radius 2 is 1.21 bits per heavy atom. The van der Waals surface area contributed by atoms with Crippen molar-refractivity contribution in [2.75, 3.05) is 0 Å². The number of aromatic nitrogens is 5. The van der Waals surface area contributed by atoms with Gasteiger partial charge in [0.1, 0.15) is 5.82 Å². The molecule has 0 aliphatic carbocycles. The molecule has 0 fully saturated rings. The number of para-hydroxylation sites is 4. The molecule has 0 atom stereocenters. The normalized spacial score (nSPS) is 14.5. The van der Waals surface area contributed by atoms with Gasteiger partial charge in [-0.1, -0.05) is 123 Å². The van der Waals surface area contributed by atoms with Gasteiger partial charge in [0, 0.05) is 61.7 Å². The predicted octanol–water partition coefficient (Wildman–Crippen LogP) is 12.2. The molecule has 276 valence electrons. The number of benzene rings is 6. The van der Waals surface area contributed by atoms with Crippen LogP contribution in [-0.2, 0) is 31.9 Å². The molecular weight excluding hydrogens is 882 g/mol. The van der Waals surface area contributed by atoms with Crippen LogP contribution < -0.4 is 4.74 Å². The third-order valence-corrected chi connectivity index (χ3v) is 12.9. The van der Waals surface area contributed by atoms with E-state index >= 15 is 0 Å². The zero-order valence-corrected chi connectivity index (χ0v) is 34.0. The van der Waals surface area contributed by atoms with Gasteiger partial charge in [0.05, 0.1) is 22.9 Å². The van der Waals surface area contributed by atoms with Crippen LogP contribution in [0.1, 0.15) is 39.0 Å². The van der Waals surface area contributed by atoms with Crippen molar-refractivity contribution in [3.63, 3.8) is 0 Å². The zero-order valence-electron chi connectivity index (χ0n) is 31.7. The molecule has 0 spiro atoms. The fraction of sp³-hybridized carbons (Fsp3) is 0.120. The van der Waals surface area contributed by atoms with Gasteiger partial charge >= 0.3 is 21.1 Å². The fourth-order valence-corrected chi connectivity index (χ4v) is 9.42. The molecule has 12 rings (SSSR count). The van der Waals surface area contributed by atoms with E-state index in [1.807, 2.05) is 24.4 Å². The van der Waals surface area contributed by atoms with Gasteiger partial charge in [-0.05, 0) is 46.7 Å². The Bertz CT molecular complexity index is 3460. The molecule has 0 bridgehead atoms. The van der Waals surface area contributed by atoms with E-state index in [2.05, 4.69) is 169 Å². The summed E-state index contributed by atoms with van der Waals surface area (Å²) in [4.78, 5) is 10.2. The number of ether oxygens (including phenoxy) is 1. The molecule has 5 aromatic heterocycles. The molecule has 6 nitrogen and oxygen atoms in total. The van der Waals surface area contributed by atoms with Crippen LogP contribution >= 0.6 is 0 Å². The van der Waals surface area contributed by atoms with E-state index in [0.29, 0.717) is 11.5 Å². The van der Waals surface area contributed by atoms with Crippen LogP contribution in [0.2, 0.25) is 0 Å². The average Bonchev–Trinajstić information content (AvgIpc) is 3.91. The van der Waals surface area contributed by atoms with E-state index < -0.39 is 0 Å². The molecule has 0 amide bonds. The van der Waals surface area contributed by atoms with Crippen LogP contribution in [0.4, 0.5) is 0 Å². The zero-order chi connectivity index (χ0) is 37.5. The van der Waals surface area contributed by atoms with Gasteiger partial charge in [0.2, 0.25) is 0 Å². The Balaban J connectivity index is 0.00000374. The van der Waals surface area contributed by atoms with Crippen molar-refractivity contribution in [3.05, 3.63) is 163 Å². The standard InChI is InChI=1S/C50H35N5O.Pt/c1-49(2)40-18-12-17-37-33-23-21-31(25-39(33)48-52-29-45(50(49,3)4)55(48)47(37)40)56-32-22-24-36-34-15-8-11-20-42(34)54(43(36)26-32)46-27-38-35-16-9-10-19-41(35)53(44(38)28-51-46)30-13-6-5-7-14-30;/h5-24,27-29H,1-4H3;/q-2;+2. The van der Waals surface area contributed by atoms with Gasteiger partial charge in [-0.25, -0.2) is 4.98 Å². The molecular formula is C50H35N5OPt. The topological polar surface area (TPSA) is 49.3 Å². The number of hydrogen-bond acceptors (Lipinski definition) is 3. The third kappa shape index (κ3) is 4.51. The van der Waals surface area contributed by atoms with Crippen molar-refractivity contribution in [1.29, 1.82) is 0 Å². The molecule has 7 heteroatoms. The molecule has 57 heavy (non-hydrogen) atoms. The number of hydrogen-bond donors (Lipinski definition) is 0. The van der Waals surface area contributed by atoms with Crippen LogP contribution in [0.15, 0.2) is 140 Å². The first-order valence-corrected chi connectivity index (χ1v) is 19.2. The molecule has 0 radical (unpaired) electrons. The van der Waals surface area contributed by atoms with Crippen LogP contribution in [-0.4, -0.2) is 23.5 Å². The summed E-state index contributed by atoms with van der Waals surface area (Å²) in [5.74, 6) is 2.04. The van der Waals surface area contributed by atoms with Crippen molar-refractivity contribution in [3.8, 4) is 23.0 Å². The van der Waals surface area contributed by atoms with Gasteiger partial charge in [-0.15, -0.1) is 29.7 Å². The maximum absolute atomic E-state index is 6.66. The van der Waals surface area contributed by atoms with Crippen molar-refractivity contribution in [2.24, 2.45) is 0 Å². The molecule has 1 aliphatic heterocycles. The second kappa shape index (κ2) is 11.9. The second-order valence-electron chi connectivity index (χ2n) is 16.2. The summed E-state index contributed by atoms with van der Waals surface area (Å²) in [6.45, 7) is 9.35. The average molecular weight is 917 g/mol. The molecule has 6 heterocycles. The summed E-state index contributed by atoms with van der Waals surface area (Å²) in [5, 5.41) is 7.78. The number of nitrogens with zero attached hydrogens (tertiary/aromatic N) is 5. The van der Waals surface area contributed by atoms with Crippen LogP contribution in [0.25, 0.3) is 82.4 Å². The third-order valence-electron chi connectivity index (χ3n) is 12.9. The second-order valence-corrected chi connectivity index (χ2v) is 16.2. The molecule has 1 aliphatic rings. The van der Waals surface area contributed by atoms with Crippen molar-refractivity contribution >= 4 is 70.9 Å². The summed E-state index contributed by atoms with van der Waals surface area (Å²) >= 11 is 0. The summed E-state index contributed by atoms with van der Waals surface area (Å²) in [7, 11) is 0. The van der Waals surface area contributed by atoms with Crippen molar-refractivity contribution in [1.82, 2.24) is 23.5 Å². The quantitative estimate of drug-likeness (QED) is 0.131. The minimum atomic E-state index is -0.128. The van der Waals surface area contributed by atoms with Crippen molar-refractivity contribution < 1.29 is 25.8 Å². The van der Waals surface area contributed by atoms with E-state index in [9.17, 15) is 0 Å². The minimum absolute atomic E-state index is 0. The molecule has 0 unspecified atom stereocenters. The monoisotopic (exact) mass is 916 g/mol. The van der Waals surface area contributed by atoms with E-state index in [-0.39, 0.29) is 31.9 Å². The van der Waals surface area contributed by atoms with E-state index in [0.717, 1.165) is 66.2 Å². The minimum Gasteiger partial charge on any atom is -0.503 e. The number of imidazole rings is 1. The summed E-state index contributed by atoms with van der Waals surface area (Å²) in [6.07, 6.45) is 4.05. The van der Waals surface area contributed by atoms with E-state index in [1.54, 1.807) is 0 Å². The molecule has 0 saturated heterocycles.